The standard InChI is InChI=1S/C16H13NO2/c1-10-8-14(11(2)19-10)16(18)13-5-6-15-12(9-13)4-3-7-17-15/h3-9H,1-2H3. The van der Waals surface area contributed by atoms with Crippen molar-refractivity contribution >= 4 is 16.7 Å². The lowest BCUT2D eigenvalue weighted by molar-refractivity contribution is 0.103. The van der Waals surface area contributed by atoms with Crippen LogP contribution in [-0.2, 0) is 0 Å². The number of carbonyl (C=O) groups is 1. The summed E-state index contributed by atoms with van der Waals surface area (Å²) in [6.45, 7) is 3.65. The van der Waals surface area contributed by atoms with Gasteiger partial charge in [0.1, 0.15) is 11.5 Å². The van der Waals surface area contributed by atoms with E-state index in [9.17, 15) is 4.79 Å². The molecular weight excluding hydrogens is 238 g/mol. The fraction of sp³-hybridized carbons (Fsp3) is 0.125. The molecule has 2 heterocycles. The van der Waals surface area contributed by atoms with Crippen LogP contribution in [0.1, 0.15) is 27.4 Å². The second-order valence-corrected chi connectivity index (χ2v) is 4.57. The number of hydrogen-bond donors (Lipinski definition) is 0. The Kier molecular flexibility index (Phi) is 2.67. The van der Waals surface area contributed by atoms with Crippen LogP contribution in [0.4, 0.5) is 0 Å². The summed E-state index contributed by atoms with van der Waals surface area (Å²) in [6, 6.07) is 11.1. The minimum atomic E-state index is -0.0138. The zero-order valence-electron chi connectivity index (χ0n) is 10.8. The highest BCUT2D eigenvalue weighted by Crippen LogP contribution is 2.20. The van der Waals surface area contributed by atoms with Crippen LogP contribution in [0.25, 0.3) is 10.9 Å². The van der Waals surface area contributed by atoms with Crippen LogP contribution in [-0.4, -0.2) is 10.8 Å². The van der Waals surface area contributed by atoms with Crippen molar-refractivity contribution in [2.24, 2.45) is 0 Å². The molecule has 2 aromatic heterocycles. The van der Waals surface area contributed by atoms with Crippen molar-refractivity contribution in [2.75, 3.05) is 0 Å². The van der Waals surface area contributed by atoms with Crippen molar-refractivity contribution in [2.45, 2.75) is 13.8 Å². The number of aryl methyl sites for hydroxylation is 2. The Morgan fingerprint density at radius 1 is 1.16 bits per heavy atom. The van der Waals surface area contributed by atoms with Crippen molar-refractivity contribution in [1.29, 1.82) is 0 Å². The Morgan fingerprint density at radius 3 is 2.74 bits per heavy atom. The Balaban J connectivity index is 2.09. The van der Waals surface area contributed by atoms with Gasteiger partial charge in [-0.3, -0.25) is 9.78 Å². The summed E-state index contributed by atoms with van der Waals surface area (Å²) < 4.78 is 5.41. The summed E-state index contributed by atoms with van der Waals surface area (Å²) in [6.07, 6.45) is 1.74. The highest BCUT2D eigenvalue weighted by atomic mass is 16.3. The highest BCUT2D eigenvalue weighted by Gasteiger charge is 2.15. The van der Waals surface area contributed by atoms with E-state index in [-0.39, 0.29) is 5.78 Å². The van der Waals surface area contributed by atoms with Crippen molar-refractivity contribution < 1.29 is 9.21 Å². The first kappa shape index (κ1) is 11.7. The third-order valence-corrected chi connectivity index (χ3v) is 3.15. The average molecular weight is 251 g/mol. The van der Waals surface area contributed by atoms with Gasteiger partial charge in [-0.05, 0) is 44.2 Å². The molecule has 0 unspecified atom stereocenters. The molecule has 0 aliphatic heterocycles. The van der Waals surface area contributed by atoms with Gasteiger partial charge in [0.05, 0.1) is 11.1 Å². The first-order valence-corrected chi connectivity index (χ1v) is 6.11. The molecule has 19 heavy (non-hydrogen) atoms. The zero-order valence-corrected chi connectivity index (χ0v) is 10.8. The predicted octanol–water partition coefficient (Wildman–Crippen LogP) is 3.68. The van der Waals surface area contributed by atoms with E-state index in [1.807, 2.05) is 38.1 Å². The van der Waals surface area contributed by atoms with Gasteiger partial charge in [0.15, 0.2) is 5.78 Å². The maximum atomic E-state index is 12.4. The Morgan fingerprint density at radius 2 is 2.00 bits per heavy atom. The monoisotopic (exact) mass is 251 g/mol. The van der Waals surface area contributed by atoms with E-state index >= 15 is 0 Å². The molecule has 3 heteroatoms. The Labute approximate surface area is 110 Å². The van der Waals surface area contributed by atoms with E-state index < -0.39 is 0 Å². The molecule has 0 bridgehead atoms. The maximum Gasteiger partial charge on any atom is 0.196 e. The topological polar surface area (TPSA) is 43.1 Å². The van der Waals surface area contributed by atoms with Gasteiger partial charge in [0.2, 0.25) is 0 Å². The van der Waals surface area contributed by atoms with Crippen LogP contribution >= 0.6 is 0 Å². The van der Waals surface area contributed by atoms with Crippen LogP contribution in [0.15, 0.2) is 47.0 Å². The second kappa shape index (κ2) is 4.35. The lowest BCUT2D eigenvalue weighted by Crippen LogP contribution is -2.01. The van der Waals surface area contributed by atoms with Crippen LogP contribution in [0.5, 0.6) is 0 Å². The number of pyridine rings is 1. The van der Waals surface area contributed by atoms with E-state index in [1.165, 1.54) is 0 Å². The average Bonchev–Trinajstić information content (AvgIpc) is 2.76. The molecule has 0 saturated carbocycles. The SMILES string of the molecule is Cc1cc(C(=O)c2ccc3ncccc3c2)c(C)o1. The molecule has 0 spiro atoms. The summed E-state index contributed by atoms with van der Waals surface area (Å²) in [5.41, 5.74) is 2.17. The van der Waals surface area contributed by atoms with Gasteiger partial charge in [-0.1, -0.05) is 6.07 Å². The van der Waals surface area contributed by atoms with E-state index in [2.05, 4.69) is 4.98 Å². The predicted molar refractivity (Wildman–Crippen MR) is 73.4 cm³/mol. The van der Waals surface area contributed by atoms with Crippen LogP contribution in [0.3, 0.4) is 0 Å². The molecule has 1 aromatic carbocycles. The molecule has 0 saturated heterocycles. The summed E-state index contributed by atoms with van der Waals surface area (Å²) >= 11 is 0. The Hall–Kier alpha value is -2.42. The van der Waals surface area contributed by atoms with Crippen LogP contribution in [0.2, 0.25) is 0 Å². The number of nitrogens with zero attached hydrogens (tertiary/aromatic N) is 1. The van der Waals surface area contributed by atoms with E-state index in [0.29, 0.717) is 16.9 Å². The minimum Gasteiger partial charge on any atom is -0.466 e. The number of benzene rings is 1. The van der Waals surface area contributed by atoms with E-state index in [1.54, 1.807) is 18.3 Å². The van der Waals surface area contributed by atoms with Gasteiger partial charge in [-0.25, -0.2) is 0 Å². The van der Waals surface area contributed by atoms with Crippen molar-refractivity contribution in [3.8, 4) is 0 Å². The van der Waals surface area contributed by atoms with E-state index in [4.69, 9.17) is 4.42 Å². The van der Waals surface area contributed by atoms with Gasteiger partial charge >= 0.3 is 0 Å². The molecular formula is C16H13NO2. The van der Waals surface area contributed by atoms with Gasteiger partial charge in [-0.15, -0.1) is 0 Å². The van der Waals surface area contributed by atoms with Gasteiger partial charge < -0.3 is 4.42 Å². The molecule has 0 fully saturated rings. The fourth-order valence-corrected chi connectivity index (χ4v) is 2.23. The number of fused-ring (bicyclic) bond motifs is 1. The number of hydrogen-bond acceptors (Lipinski definition) is 3. The van der Waals surface area contributed by atoms with Crippen molar-refractivity contribution in [3.05, 3.63) is 65.2 Å². The molecule has 0 amide bonds. The van der Waals surface area contributed by atoms with Crippen LogP contribution in [0, 0.1) is 13.8 Å². The number of aromatic nitrogens is 1. The van der Waals surface area contributed by atoms with Gasteiger partial charge in [-0.2, -0.15) is 0 Å². The summed E-state index contributed by atoms with van der Waals surface area (Å²) in [5, 5.41) is 0.964. The second-order valence-electron chi connectivity index (χ2n) is 4.57. The molecule has 0 radical (unpaired) electrons. The molecule has 0 aliphatic carbocycles. The van der Waals surface area contributed by atoms with Gasteiger partial charge in [0, 0.05) is 17.1 Å². The molecule has 0 N–H and O–H groups in total. The molecule has 0 atom stereocenters. The van der Waals surface area contributed by atoms with E-state index in [0.717, 1.165) is 16.7 Å². The molecule has 94 valence electrons. The maximum absolute atomic E-state index is 12.4. The molecule has 0 aliphatic rings. The third-order valence-electron chi connectivity index (χ3n) is 3.15. The van der Waals surface area contributed by atoms with Crippen molar-refractivity contribution in [1.82, 2.24) is 4.98 Å². The molecule has 3 aromatic rings. The highest BCUT2D eigenvalue weighted by molar-refractivity contribution is 6.11. The number of rotatable bonds is 2. The molecule has 3 rings (SSSR count). The summed E-state index contributed by atoms with van der Waals surface area (Å²) in [4.78, 5) is 16.7. The third kappa shape index (κ3) is 2.03. The van der Waals surface area contributed by atoms with Crippen molar-refractivity contribution in [3.63, 3.8) is 0 Å². The quantitative estimate of drug-likeness (QED) is 0.652. The lowest BCUT2D eigenvalue weighted by Gasteiger charge is -2.01. The lowest BCUT2D eigenvalue weighted by atomic mass is 10.0. The molecule has 3 nitrogen and oxygen atoms in total. The Bertz CT molecular complexity index is 771. The zero-order chi connectivity index (χ0) is 13.4. The minimum absolute atomic E-state index is 0.0138. The number of carbonyl (C=O) groups excluding carboxylic acids is 1. The first-order valence-electron chi connectivity index (χ1n) is 6.11. The fourth-order valence-electron chi connectivity index (χ4n) is 2.23. The number of furan rings is 1. The van der Waals surface area contributed by atoms with Gasteiger partial charge in [0.25, 0.3) is 0 Å². The number of ketones is 1. The first-order chi connectivity index (χ1) is 9.15. The normalized spacial score (nSPS) is 10.8. The summed E-state index contributed by atoms with van der Waals surface area (Å²) in [5.74, 6) is 1.40. The smallest absolute Gasteiger partial charge is 0.196 e. The van der Waals surface area contributed by atoms with Crippen LogP contribution < -0.4 is 0 Å². The summed E-state index contributed by atoms with van der Waals surface area (Å²) in [7, 11) is 0. The largest absolute Gasteiger partial charge is 0.466 e.